The fourth-order valence-corrected chi connectivity index (χ4v) is 4.87. The van der Waals surface area contributed by atoms with E-state index in [-0.39, 0.29) is 36.9 Å². The van der Waals surface area contributed by atoms with Crippen LogP contribution in [0.4, 0.5) is 14.9 Å². The molecule has 0 aromatic heterocycles. The lowest BCUT2D eigenvalue weighted by Gasteiger charge is -2.17. The second-order valence-electron chi connectivity index (χ2n) is 8.75. The summed E-state index contributed by atoms with van der Waals surface area (Å²) in [6.07, 6.45) is -0.413. The van der Waals surface area contributed by atoms with Crippen LogP contribution in [-0.2, 0) is 9.53 Å². The molecule has 1 aliphatic carbocycles. The van der Waals surface area contributed by atoms with E-state index < -0.39 is 29.7 Å². The lowest BCUT2D eigenvalue weighted by atomic mass is 9.98. The molecule has 0 saturated carbocycles. The Labute approximate surface area is 201 Å². The molecule has 5 rings (SSSR count). The number of aliphatic carboxylic acids is 1. The van der Waals surface area contributed by atoms with Crippen LogP contribution in [0.15, 0.2) is 66.7 Å². The zero-order chi connectivity index (χ0) is 24.5. The van der Waals surface area contributed by atoms with Gasteiger partial charge in [-0.15, -0.1) is 0 Å². The summed E-state index contributed by atoms with van der Waals surface area (Å²) in [5.74, 6) is -2.89. The van der Waals surface area contributed by atoms with Gasteiger partial charge in [0.25, 0.3) is 5.91 Å². The number of nitrogens with one attached hydrogen (secondary N) is 1. The molecule has 35 heavy (non-hydrogen) atoms. The van der Waals surface area contributed by atoms with E-state index in [4.69, 9.17) is 9.84 Å². The third-order valence-corrected chi connectivity index (χ3v) is 6.56. The minimum absolute atomic E-state index is 0.0324. The molecule has 1 fully saturated rings. The third kappa shape index (κ3) is 4.47. The third-order valence-electron chi connectivity index (χ3n) is 6.56. The minimum Gasteiger partial charge on any atom is -0.481 e. The van der Waals surface area contributed by atoms with Crippen molar-refractivity contribution in [1.29, 1.82) is 0 Å². The van der Waals surface area contributed by atoms with Crippen LogP contribution in [0.3, 0.4) is 0 Å². The van der Waals surface area contributed by atoms with Gasteiger partial charge in [0.15, 0.2) is 0 Å². The van der Waals surface area contributed by atoms with Gasteiger partial charge in [-0.1, -0.05) is 48.5 Å². The topological polar surface area (TPSA) is 95.9 Å². The summed E-state index contributed by atoms with van der Waals surface area (Å²) < 4.78 is 19.7. The smallest absolute Gasteiger partial charge is 0.411 e. The molecule has 1 unspecified atom stereocenters. The van der Waals surface area contributed by atoms with Gasteiger partial charge in [0.1, 0.15) is 12.4 Å². The average Bonchev–Trinajstić information content (AvgIpc) is 3.46. The highest BCUT2D eigenvalue weighted by Gasteiger charge is 2.32. The van der Waals surface area contributed by atoms with Crippen LogP contribution in [0.2, 0.25) is 0 Å². The first-order chi connectivity index (χ1) is 16.9. The van der Waals surface area contributed by atoms with Crippen LogP contribution in [-0.4, -0.2) is 47.7 Å². The van der Waals surface area contributed by atoms with Crippen LogP contribution < -0.4 is 5.32 Å². The Bertz CT molecular complexity index is 1280. The number of ether oxygens (including phenoxy) is 1. The number of amides is 2. The molecule has 2 N–H and O–H groups in total. The Balaban J connectivity index is 1.26. The predicted molar refractivity (Wildman–Crippen MR) is 127 cm³/mol. The first-order valence-electron chi connectivity index (χ1n) is 11.4. The van der Waals surface area contributed by atoms with Crippen LogP contribution in [0.5, 0.6) is 0 Å². The van der Waals surface area contributed by atoms with E-state index in [0.717, 1.165) is 34.4 Å². The highest BCUT2D eigenvalue weighted by molar-refractivity contribution is 5.97. The molecule has 1 heterocycles. The zero-order valence-electron chi connectivity index (χ0n) is 18.7. The standard InChI is InChI=1S/C27H23FN2O5/c28-18-11-17(25(31)30-10-9-16(14-30)26(32)33)12-19(13-18)29-27(34)35-15-24-22-7-3-1-5-20(22)21-6-2-4-8-23(21)24/h1-8,11-13,16,24H,9-10,14-15H2,(H,29,34)(H,32,33). The minimum atomic E-state index is -0.961. The molecule has 2 aliphatic rings. The molecule has 1 aliphatic heterocycles. The van der Waals surface area contributed by atoms with Gasteiger partial charge in [0, 0.05) is 30.3 Å². The number of nitrogens with zero attached hydrogens (tertiary/aromatic N) is 1. The molecule has 1 saturated heterocycles. The first-order valence-corrected chi connectivity index (χ1v) is 11.4. The molecule has 0 bridgehead atoms. The molecule has 0 spiro atoms. The fraction of sp³-hybridized carbons (Fsp3) is 0.222. The molecule has 3 aromatic carbocycles. The van der Waals surface area contributed by atoms with Crippen LogP contribution >= 0.6 is 0 Å². The van der Waals surface area contributed by atoms with E-state index in [2.05, 4.69) is 5.32 Å². The van der Waals surface area contributed by atoms with Crippen molar-refractivity contribution in [3.63, 3.8) is 0 Å². The van der Waals surface area contributed by atoms with Crippen molar-refractivity contribution >= 4 is 23.7 Å². The lowest BCUT2D eigenvalue weighted by Crippen LogP contribution is -2.30. The number of carbonyl (C=O) groups is 3. The maximum atomic E-state index is 14.2. The van der Waals surface area contributed by atoms with Crippen LogP contribution in [0.25, 0.3) is 11.1 Å². The Morgan fingerprint density at radius 3 is 2.29 bits per heavy atom. The van der Waals surface area contributed by atoms with E-state index in [9.17, 15) is 18.8 Å². The SMILES string of the molecule is O=C(Nc1cc(F)cc(C(=O)N2CCC(C(=O)O)C2)c1)OCC1c2ccccc2-c2ccccc21. The van der Waals surface area contributed by atoms with Crippen molar-refractivity contribution in [2.75, 3.05) is 25.0 Å². The van der Waals surface area contributed by atoms with Gasteiger partial charge in [-0.25, -0.2) is 9.18 Å². The molecule has 2 amide bonds. The summed E-state index contributed by atoms with van der Waals surface area (Å²) in [5, 5.41) is 11.7. The van der Waals surface area contributed by atoms with Gasteiger partial charge < -0.3 is 14.7 Å². The molecule has 178 valence electrons. The fourth-order valence-electron chi connectivity index (χ4n) is 4.87. The molecule has 0 radical (unpaired) electrons. The van der Waals surface area contributed by atoms with Gasteiger partial charge >= 0.3 is 12.1 Å². The quantitative estimate of drug-likeness (QED) is 0.557. The monoisotopic (exact) mass is 474 g/mol. The first kappa shape index (κ1) is 22.6. The van der Waals surface area contributed by atoms with E-state index in [1.807, 2.05) is 48.5 Å². The van der Waals surface area contributed by atoms with Gasteiger partial charge in [-0.3, -0.25) is 14.9 Å². The van der Waals surface area contributed by atoms with E-state index in [1.165, 1.54) is 11.0 Å². The largest absolute Gasteiger partial charge is 0.481 e. The number of carboxylic acids is 1. The summed E-state index contributed by atoms with van der Waals surface area (Å²) >= 11 is 0. The van der Waals surface area contributed by atoms with Crippen molar-refractivity contribution in [2.24, 2.45) is 5.92 Å². The summed E-state index contributed by atoms with van der Waals surface area (Å²) in [5.41, 5.74) is 4.48. The van der Waals surface area contributed by atoms with Crippen molar-refractivity contribution in [3.05, 3.63) is 89.2 Å². The summed E-state index contributed by atoms with van der Waals surface area (Å²) in [6.45, 7) is 0.451. The number of fused-ring (bicyclic) bond motifs is 3. The predicted octanol–water partition coefficient (Wildman–Crippen LogP) is 4.73. The average molecular weight is 474 g/mol. The number of benzene rings is 3. The van der Waals surface area contributed by atoms with Crippen LogP contribution in [0, 0.1) is 11.7 Å². The van der Waals surface area contributed by atoms with Crippen LogP contribution in [0.1, 0.15) is 33.8 Å². The molecule has 3 aromatic rings. The van der Waals surface area contributed by atoms with Crippen molar-refractivity contribution in [2.45, 2.75) is 12.3 Å². The number of carbonyl (C=O) groups excluding carboxylic acids is 2. The van der Waals surface area contributed by atoms with Crippen molar-refractivity contribution < 1.29 is 28.6 Å². The number of halogens is 1. The molecule has 7 nitrogen and oxygen atoms in total. The lowest BCUT2D eigenvalue weighted by molar-refractivity contribution is -0.141. The Morgan fingerprint density at radius 2 is 1.66 bits per heavy atom. The highest BCUT2D eigenvalue weighted by Crippen LogP contribution is 2.44. The number of anilines is 1. The van der Waals surface area contributed by atoms with Gasteiger partial charge in [0.2, 0.25) is 0 Å². The van der Waals surface area contributed by atoms with Crippen molar-refractivity contribution in [3.8, 4) is 11.1 Å². The Kier molecular flexibility index (Phi) is 5.94. The van der Waals surface area contributed by atoms with E-state index >= 15 is 0 Å². The number of rotatable bonds is 5. The highest BCUT2D eigenvalue weighted by atomic mass is 19.1. The molecule has 8 heteroatoms. The number of carboxylic acid groups (broad SMARTS) is 1. The van der Waals surface area contributed by atoms with Gasteiger partial charge in [-0.2, -0.15) is 0 Å². The van der Waals surface area contributed by atoms with E-state index in [1.54, 1.807) is 0 Å². The Hall–Kier alpha value is -4.20. The molecular weight excluding hydrogens is 451 g/mol. The number of likely N-dealkylation sites (tertiary alicyclic amines) is 1. The summed E-state index contributed by atoms with van der Waals surface area (Å²) in [7, 11) is 0. The summed E-state index contributed by atoms with van der Waals surface area (Å²) in [4.78, 5) is 37.9. The second kappa shape index (κ2) is 9.21. The van der Waals surface area contributed by atoms with Gasteiger partial charge in [0.05, 0.1) is 5.92 Å². The molecular formula is C27H23FN2O5. The zero-order valence-corrected chi connectivity index (χ0v) is 18.7. The maximum Gasteiger partial charge on any atom is 0.411 e. The Morgan fingerprint density at radius 1 is 1.00 bits per heavy atom. The van der Waals surface area contributed by atoms with Crippen molar-refractivity contribution in [1.82, 2.24) is 4.90 Å². The molecule has 1 atom stereocenters. The number of hydrogen-bond acceptors (Lipinski definition) is 4. The summed E-state index contributed by atoms with van der Waals surface area (Å²) in [6, 6.07) is 19.5. The van der Waals surface area contributed by atoms with E-state index in [0.29, 0.717) is 6.42 Å². The normalized spacial score (nSPS) is 16.5. The second-order valence-corrected chi connectivity index (χ2v) is 8.75. The maximum absolute atomic E-state index is 14.2. The van der Waals surface area contributed by atoms with Gasteiger partial charge in [-0.05, 0) is 46.9 Å². The number of hydrogen-bond donors (Lipinski definition) is 2.